The predicted molar refractivity (Wildman–Crippen MR) is 104 cm³/mol. The zero-order valence-electron chi connectivity index (χ0n) is 15.0. The number of halogens is 1. The second-order valence-corrected chi connectivity index (χ2v) is 6.26. The Morgan fingerprint density at radius 3 is 2.61 bits per heavy atom. The fourth-order valence-corrected chi connectivity index (χ4v) is 2.79. The minimum Gasteiger partial charge on any atom is -0.489 e. The second-order valence-electron chi connectivity index (χ2n) is 6.26. The molecule has 140 valence electrons. The van der Waals surface area contributed by atoms with E-state index < -0.39 is 0 Å². The Morgan fingerprint density at radius 1 is 1.00 bits per heavy atom. The number of pyridine rings is 1. The van der Waals surface area contributed by atoms with E-state index in [0.717, 1.165) is 11.1 Å². The van der Waals surface area contributed by atoms with Gasteiger partial charge in [-0.05, 0) is 35.9 Å². The molecule has 2 aromatic heterocycles. The van der Waals surface area contributed by atoms with Crippen LogP contribution in [0.2, 0.25) is 0 Å². The van der Waals surface area contributed by atoms with E-state index in [9.17, 15) is 4.39 Å². The molecule has 4 rings (SSSR count). The van der Waals surface area contributed by atoms with Gasteiger partial charge in [0.05, 0.1) is 12.7 Å². The molecule has 2 aromatic carbocycles. The van der Waals surface area contributed by atoms with Gasteiger partial charge in [0.25, 0.3) is 0 Å². The van der Waals surface area contributed by atoms with E-state index in [1.54, 1.807) is 29.1 Å². The van der Waals surface area contributed by atoms with E-state index in [4.69, 9.17) is 10.5 Å². The SMILES string of the molecule is Nc1ncccc1-c1cn(Cc2ccc(OCc3ccccc3F)cc2)nn1. The van der Waals surface area contributed by atoms with Crippen LogP contribution in [0.3, 0.4) is 0 Å². The Labute approximate surface area is 161 Å². The summed E-state index contributed by atoms with van der Waals surface area (Å²) >= 11 is 0. The molecular formula is C21H18FN5O. The van der Waals surface area contributed by atoms with Gasteiger partial charge in [-0.15, -0.1) is 5.10 Å². The van der Waals surface area contributed by atoms with Crippen LogP contribution in [-0.4, -0.2) is 20.0 Å². The zero-order chi connectivity index (χ0) is 19.3. The largest absolute Gasteiger partial charge is 0.489 e. The molecular weight excluding hydrogens is 357 g/mol. The van der Waals surface area contributed by atoms with Crippen molar-refractivity contribution in [3.8, 4) is 17.0 Å². The molecule has 0 spiro atoms. The third-order valence-corrected chi connectivity index (χ3v) is 4.27. The minimum atomic E-state index is -0.268. The molecule has 0 aliphatic heterocycles. The van der Waals surface area contributed by atoms with Gasteiger partial charge in [-0.25, -0.2) is 14.1 Å². The van der Waals surface area contributed by atoms with Gasteiger partial charge in [0.1, 0.15) is 29.7 Å². The molecule has 0 aliphatic carbocycles. The van der Waals surface area contributed by atoms with Crippen LogP contribution >= 0.6 is 0 Å². The summed E-state index contributed by atoms with van der Waals surface area (Å²) in [7, 11) is 0. The number of nitrogens with zero attached hydrogens (tertiary/aromatic N) is 4. The number of ether oxygens (including phenoxy) is 1. The van der Waals surface area contributed by atoms with E-state index in [2.05, 4.69) is 15.3 Å². The molecule has 2 N–H and O–H groups in total. The molecule has 2 heterocycles. The standard InChI is InChI=1S/C21H18FN5O/c22-19-6-2-1-4-16(19)14-28-17-9-7-15(8-10-17)12-27-13-20(25-26-27)18-5-3-11-24-21(18)23/h1-11,13H,12,14H2,(H2,23,24). The third-order valence-electron chi connectivity index (χ3n) is 4.27. The summed E-state index contributed by atoms with van der Waals surface area (Å²) in [6.07, 6.45) is 3.47. The van der Waals surface area contributed by atoms with E-state index in [1.807, 2.05) is 42.6 Å². The number of aromatic nitrogens is 4. The highest BCUT2D eigenvalue weighted by molar-refractivity contribution is 5.69. The quantitative estimate of drug-likeness (QED) is 0.556. The van der Waals surface area contributed by atoms with Crippen LogP contribution in [0.15, 0.2) is 73.1 Å². The Balaban J connectivity index is 1.40. The van der Waals surface area contributed by atoms with Crippen LogP contribution in [-0.2, 0) is 13.2 Å². The average Bonchev–Trinajstić information content (AvgIpc) is 3.17. The van der Waals surface area contributed by atoms with Gasteiger partial charge in [-0.2, -0.15) is 0 Å². The van der Waals surface area contributed by atoms with Gasteiger partial charge in [0, 0.05) is 17.3 Å². The van der Waals surface area contributed by atoms with Crippen molar-refractivity contribution < 1.29 is 9.13 Å². The molecule has 4 aromatic rings. The van der Waals surface area contributed by atoms with Crippen molar-refractivity contribution in [2.24, 2.45) is 0 Å². The number of nitrogens with two attached hydrogens (primary N) is 1. The van der Waals surface area contributed by atoms with Crippen LogP contribution in [0.5, 0.6) is 5.75 Å². The fourth-order valence-electron chi connectivity index (χ4n) is 2.79. The number of rotatable bonds is 6. The Kier molecular flexibility index (Phi) is 4.97. The first-order valence-electron chi connectivity index (χ1n) is 8.75. The van der Waals surface area contributed by atoms with Crippen molar-refractivity contribution in [1.82, 2.24) is 20.0 Å². The summed E-state index contributed by atoms with van der Waals surface area (Å²) in [4.78, 5) is 4.07. The number of anilines is 1. The van der Waals surface area contributed by atoms with Crippen LogP contribution in [0, 0.1) is 5.82 Å². The zero-order valence-corrected chi connectivity index (χ0v) is 15.0. The predicted octanol–water partition coefficient (Wildman–Crippen LogP) is 3.69. The van der Waals surface area contributed by atoms with Crippen molar-refractivity contribution in [2.45, 2.75) is 13.2 Å². The maximum atomic E-state index is 13.6. The maximum Gasteiger partial charge on any atom is 0.132 e. The topological polar surface area (TPSA) is 78.8 Å². The molecule has 0 radical (unpaired) electrons. The van der Waals surface area contributed by atoms with Crippen LogP contribution in [0.1, 0.15) is 11.1 Å². The molecule has 7 heteroatoms. The summed E-state index contributed by atoms with van der Waals surface area (Å²) in [6.45, 7) is 0.742. The summed E-state index contributed by atoms with van der Waals surface area (Å²) in [6, 6.07) is 17.8. The molecule has 0 atom stereocenters. The average molecular weight is 375 g/mol. The van der Waals surface area contributed by atoms with Crippen LogP contribution in [0.25, 0.3) is 11.3 Å². The number of benzene rings is 2. The fraction of sp³-hybridized carbons (Fsp3) is 0.0952. The van der Waals surface area contributed by atoms with Gasteiger partial charge >= 0.3 is 0 Å². The molecule has 0 saturated heterocycles. The van der Waals surface area contributed by atoms with Crippen molar-refractivity contribution in [3.63, 3.8) is 0 Å². The summed E-state index contributed by atoms with van der Waals surface area (Å²) < 4.78 is 21.0. The lowest BCUT2D eigenvalue weighted by molar-refractivity contribution is 0.300. The summed E-state index contributed by atoms with van der Waals surface area (Å²) in [5.41, 5.74) is 8.88. The first-order chi connectivity index (χ1) is 13.7. The normalized spacial score (nSPS) is 10.8. The van der Waals surface area contributed by atoms with Gasteiger partial charge in [-0.3, -0.25) is 0 Å². The van der Waals surface area contributed by atoms with Crippen molar-refractivity contribution >= 4 is 5.82 Å². The molecule has 0 amide bonds. The highest BCUT2D eigenvalue weighted by Gasteiger charge is 2.08. The third kappa shape index (κ3) is 3.98. The smallest absolute Gasteiger partial charge is 0.132 e. The first kappa shape index (κ1) is 17.7. The number of hydrogen-bond acceptors (Lipinski definition) is 5. The Bertz CT molecular complexity index is 1080. The minimum absolute atomic E-state index is 0.186. The molecule has 28 heavy (non-hydrogen) atoms. The monoisotopic (exact) mass is 375 g/mol. The molecule has 0 unspecified atom stereocenters. The van der Waals surface area contributed by atoms with E-state index in [-0.39, 0.29) is 12.4 Å². The molecule has 0 bridgehead atoms. The molecule has 0 fully saturated rings. The van der Waals surface area contributed by atoms with Gasteiger partial charge in [0.2, 0.25) is 0 Å². The summed E-state index contributed by atoms with van der Waals surface area (Å²) in [5.74, 6) is 0.829. The first-order valence-corrected chi connectivity index (χ1v) is 8.75. The van der Waals surface area contributed by atoms with Gasteiger partial charge in [-0.1, -0.05) is 35.5 Å². The highest BCUT2D eigenvalue weighted by atomic mass is 19.1. The number of hydrogen-bond donors (Lipinski definition) is 1. The van der Waals surface area contributed by atoms with Crippen LogP contribution < -0.4 is 10.5 Å². The molecule has 0 aliphatic rings. The van der Waals surface area contributed by atoms with Crippen molar-refractivity contribution in [1.29, 1.82) is 0 Å². The lowest BCUT2D eigenvalue weighted by atomic mass is 10.2. The molecule has 6 nitrogen and oxygen atoms in total. The van der Waals surface area contributed by atoms with Crippen molar-refractivity contribution in [3.05, 3.63) is 90.0 Å². The van der Waals surface area contributed by atoms with E-state index in [0.29, 0.717) is 29.4 Å². The van der Waals surface area contributed by atoms with Gasteiger partial charge in [0.15, 0.2) is 0 Å². The highest BCUT2D eigenvalue weighted by Crippen LogP contribution is 2.21. The van der Waals surface area contributed by atoms with Crippen LogP contribution in [0.4, 0.5) is 10.2 Å². The molecule has 0 saturated carbocycles. The Hall–Kier alpha value is -3.74. The van der Waals surface area contributed by atoms with E-state index >= 15 is 0 Å². The van der Waals surface area contributed by atoms with Gasteiger partial charge < -0.3 is 10.5 Å². The van der Waals surface area contributed by atoms with Crippen molar-refractivity contribution in [2.75, 3.05) is 5.73 Å². The Morgan fingerprint density at radius 2 is 1.82 bits per heavy atom. The number of nitrogen functional groups attached to an aromatic ring is 1. The summed E-state index contributed by atoms with van der Waals surface area (Å²) in [5, 5.41) is 8.31. The lowest BCUT2D eigenvalue weighted by Gasteiger charge is -2.08. The van der Waals surface area contributed by atoms with E-state index in [1.165, 1.54) is 6.07 Å². The maximum absolute atomic E-state index is 13.6. The second kappa shape index (κ2) is 7.87. The lowest BCUT2D eigenvalue weighted by Crippen LogP contribution is -2.01.